The highest BCUT2D eigenvalue weighted by Gasteiger charge is 2.46. The average Bonchev–Trinajstić information content (AvgIpc) is 3.43. The Morgan fingerprint density at radius 1 is 1.22 bits per heavy atom. The molecule has 1 aliphatic carbocycles. The van der Waals surface area contributed by atoms with E-state index in [0.717, 1.165) is 70.1 Å². The van der Waals surface area contributed by atoms with E-state index in [4.69, 9.17) is 9.47 Å². The maximum atomic E-state index is 12.8. The van der Waals surface area contributed by atoms with Gasteiger partial charge in [0.15, 0.2) is 0 Å². The first-order valence-electron chi connectivity index (χ1n) is 10.7. The van der Waals surface area contributed by atoms with Crippen molar-refractivity contribution in [2.75, 3.05) is 32.9 Å². The maximum Gasteiger partial charge on any atom is 0.227 e. The molecule has 4 rings (SSSR count). The van der Waals surface area contributed by atoms with E-state index < -0.39 is 0 Å². The van der Waals surface area contributed by atoms with E-state index in [0.29, 0.717) is 12.3 Å². The van der Waals surface area contributed by atoms with Crippen molar-refractivity contribution >= 4 is 5.91 Å². The Hall–Kier alpha value is -1.39. The van der Waals surface area contributed by atoms with Crippen LogP contribution < -0.4 is 0 Å². The summed E-state index contributed by atoms with van der Waals surface area (Å²) >= 11 is 0. The van der Waals surface area contributed by atoms with Crippen LogP contribution in [-0.4, -0.2) is 49.3 Å². The lowest BCUT2D eigenvalue weighted by molar-refractivity contribution is -0.137. The highest BCUT2D eigenvalue weighted by atomic mass is 16.5. The molecule has 2 aliphatic heterocycles. The minimum Gasteiger partial charge on any atom is -0.381 e. The molecule has 1 saturated carbocycles. The third kappa shape index (κ3) is 4.55. The number of rotatable bonds is 7. The smallest absolute Gasteiger partial charge is 0.227 e. The molecule has 148 valence electrons. The average molecular weight is 372 g/mol. The van der Waals surface area contributed by atoms with Crippen LogP contribution >= 0.6 is 0 Å². The van der Waals surface area contributed by atoms with E-state index in [1.54, 1.807) is 0 Å². The van der Waals surface area contributed by atoms with Crippen LogP contribution in [0.25, 0.3) is 0 Å². The van der Waals surface area contributed by atoms with Gasteiger partial charge in [-0.2, -0.15) is 0 Å². The molecule has 1 amide bonds. The molecule has 4 nitrogen and oxygen atoms in total. The van der Waals surface area contributed by atoms with Gasteiger partial charge in [0.05, 0.1) is 12.0 Å². The molecular weight excluding hydrogens is 338 g/mol. The second-order valence-electron chi connectivity index (χ2n) is 8.69. The number of nitrogens with zero attached hydrogens (tertiary/aromatic N) is 1. The minimum absolute atomic E-state index is 0.0115. The third-order valence-corrected chi connectivity index (χ3v) is 6.83. The van der Waals surface area contributed by atoms with E-state index in [1.165, 1.54) is 18.4 Å². The molecule has 0 bridgehead atoms. The number of carbonyl (C=O) groups excluding carboxylic acids is 1. The molecule has 1 aromatic carbocycles. The largest absolute Gasteiger partial charge is 0.381 e. The highest BCUT2D eigenvalue weighted by Crippen LogP contribution is 2.42. The van der Waals surface area contributed by atoms with E-state index >= 15 is 0 Å². The summed E-state index contributed by atoms with van der Waals surface area (Å²) in [4.78, 5) is 14.8. The molecule has 0 aromatic heterocycles. The highest BCUT2D eigenvalue weighted by molar-refractivity contribution is 5.79. The number of likely N-dealkylation sites (tertiary alicyclic amines) is 1. The van der Waals surface area contributed by atoms with Gasteiger partial charge in [0.25, 0.3) is 0 Å². The van der Waals surface area contributed by atoms with Crippen LogP contribution in [0.3, 0.4) is 0 Å². The van der Waals surface area contributed by atoms with Gasteiger partial charge in [0, 0.05) is 32.9 Å². The summed E-state index contributed by atoms with van der Waals surface area (Å²) in [5, 5.41) is 0. The molecule has 0 radical (unpaired) electrons. The Bertz CT molecular complexity index is 647. The van der Waals surface area contributed by atoms with Gasteiger partial charge >= 0.3 is 0 Å². The molecule has 1 spiro atoms. The molecule has 1 atom stereocenters. The fourth-order valence-corrected chi connectivity index (χ4v) is 4.72. The predicted molar refractivity (Wildman–Crippen MR) is 106 cm³/mol. The van der Waals surface area contributed by atoms with Crippen molar-refractivity contribution in [1.29, 1.82) is 0 Å². The van der Waals surface area contributed by atoms with Crippen molar-refractivity contribution in [2.45, 2.75) is 57.5 Å². The number of benzene rings is 1. The van der Waals surface area contributed by atoms with Crippen molar-refractivity contribution in [2.24, 2.45) is 11.8 Å². The molecule has 3 aliphatic rings. The second kappa shape index (κ2) is 8.32. The molecule has 27 heavy (non-hydrogen) atoms. The molecule has 2 heterocycles. The first kappa shape index (κ1) is 18.9. The van der Waals surface area contributed by atoms with Crippen molar-refractivity contribution in [3.05, 3.63) is 35.4 Å². The quantitative estimate of drug-likeness (QED) is 0.685. The van der Waals surface area contributed by atoms with Gasteiger partial charge in [-0.1, -0.05) is 24.3 Å². The Kier molecular flexibility index (Phi) is 5.84. The fraction of sp³-hybridized carbons (Fsp3) is 0.696. The molecular formula is C23H33NO3. The first-order valence-corrected chi connectivity index (χ1v) is 10.7. The van der Waals surface area contributed by atoms with E-state index in [9.17, 15) is 4.79 Å². The monoisotopic (exact) mass is 371 g/mol. The van der Waals surface area contributed by atoms with Crippen LogP contribution in [0.5, 0.6) is 0 Å². The van der Waals surface area contributed by atoms with Gasteiger partial charge in [-0.3, -0.25) is 4.79 Å². The Morgan fingerprint density at radius 3 is 2.74 bits per heavy atom. The lowest BCUT2D eigenvalue weighted by Crippen LogP contribution is -2.50. The van der Waals surface area contributed by atoms with Crippen molar-refractivity contribution in [3.63, 3.8) is 0 Å². The van der Waals surface area contributed by atoms with E-state index in [1.807, 2.05) is 17.0 Å². The lowest BCUT2D eigenvalue weighted by Gasteiger charge is -2.42. The molecule has 0 N–H and O–H groups in total. The van der Waals surface area contributed by atoms with Crippen LogP contribution in [0.2, 0.25) is 0 Å². The summed E-state index contributed by atoms with van der Waals surface area (Å²) in [6, 6.07) is 8.19. The number of hydrogen-bond donors (Lipinski definition) is 0. The second-order valence-corrected chi connectivity index (χ2v) is 8.69. The Morgan fingerprint density at radius 2 is 2.00 bits per heavy atom. The maximum absolute atomic E-state index is 12.8. The van der Waals surface area contributed by atoms with Gasteiger partial charge in [-0.05, 0) is 68.4 Å². The molecule has 0 unspecified atom stereocenters. The van der Waals surface area contributed by atoms with Gasteiger partial charge in [0.1, 0.15) is 0 Å². The van der Waals surface area contributed by atoms with E-state index in [2.05, 4.69) is 19.1 Å². The normalized spacial score (nSPS) is 24.5. The topological polar surface area (TPSA) is 38.8 Å². The minimum atomic E-state index is -0.0115. The van der Waals surface area contributed by atoms with Gasteiger partial charge < -0.3 is 14.4 Å². The third-order valence-electron chi connectivity index (χ3n) is 6.83. The SMILES string of the molecule is Cc1ccccc1CC(=O)N1CCC2(CC1)OCC[C@@H]2CCOCC1CC1. The summed E-state index contributed by atoms with van der Waals surface area (Å²) in [5.74, 6) is 1.67. The van der Waals surface area contributed by atoms with Crippen LogP contribution in [0.4, 0.5) is 0 Å². The van der Waals surface area contributed by atoms with Crippen molar-refractivity contribution in [1.82, 2.24) is 4.90 Å². The van der Waals surface area contributed by atoms with Gasteiger partial charge in [-0.25, -0.2) is 0 Å². The Labute approximate surface area is 163 Å². The zero-order chi connectivity index (χ0) is 18.7. The van der Waals surface area contributed by atoms with Gasteiger partial charge in [0.2, 0.25) is 5.91 Å². The van der Waals surface area contributed by atoms with Gasteiger partial charge in [-0.15, -0.1) is 0 Å². The Balaban J connectivity index is 1.26. The first-order chi connectivity index (χ1) is 13.2. The summed E-state index contributed by atoms with van der Waals surface area (Å²) < 4.78 is 12.1. The van der Waals surface area contributed by atoms with Crippen LogP contribution in [0.15, 0.2) is 24.3 Å². The van der Waals surface area contributed by atoms with Crippen molar-refractivity contribution in [3.8, 4) is 0 Å². The van der Waals surface area contributed by atoms with Crippen LogP contribution in [-0.2, 0) is 20.7 Å². The summed E-state index contributed by atoms with van der Waals surface area (Å²) in [6.45, 7) is 6.40. The standard InChI is InChI=1S/C23H33NO3/c1-18-4-2-3-5-20(18)16-22(25)24-12-10-23(11-13-24)21(9-15-27-23)8-14-26-17-19-6-7-19/h2-5,19,21H,6-17H2,1H3/t21-/m0/s1. The summed E-state index contributed by atoms with van der Waals surface area (Å²) in [5.41, 5.74) is 2.33. The predicted octanol–water partition coefficient (Wildman–Crippen LogP) is 3.75. The van der Waals surface area contributed by atoms with Crippen LogP contribution in [0.1, 0.15) is 49.7 Å². The molecule has 1 aromatic rings. The number of hydrogen-bond acceptors (Lipinski definition) is 3. The van der Waals surface area contributed by atoms with Crippen molar-refractivity contribution < 1.29 is 14.3 Å². The summed E-state index contributed by atoms with van der Waals surface area (Å²) in [7, 11) is 0. The number of aryl methyl sites for hydroxylation is 1. The lowest BCUT2D eigenvalue weighted by atomic mass is 9.78. The fourth-order valence-electron chi connectivity index (χ4n) is 4.72. The number of amides is 1. The van der Waals surface area contributed by atoms with E-state index in [-0.39, 0.29) is 11.5 Å². The van der Waals surface area contributed by atoms with Crippen LogP contribution in [0, 0.1) is 18.8 Å². The molecule has 2 saturated heterocycles. The number of carbonyl (C=O) groups is 1. The zero-order valence-electron chi connectivity index (χ0n) is 16.6. The summed E-state index contributed by atoms with van der Waals surface area (Å²) in [6.07, 6.45) is 7.40. The number of piperidine rings is 1. The number of ether oxygens (including phenoxy) is 2. The zero-order valence-corrected chi connectivity index (χ0v) is 16.6. The molecule has 4 heteroatoms. The molecule has 3 fully saturated rings.